The van der Waals surface area contributed by atoms with Gasteiger partial charge < -0.3 is 9.84 Å². The van der Waals surface area contributed by atoms with Crippen LogP contribution in [0.2, 0.25) is 0 Å². The summed E-state index contributed by atoms with van der Waals surface area (Å²) in [6, 6.07) is 9.84. The van der Waals surface area contributed by atoms with Crippen molar-refractivity contribution in [3.8, 4) is 0 Å². The number of aliphatic hydroxyl groups is 1. The van der Waals surface area contributed by atoms with Crippen LogP contribution in [0.1, 0.15) is 5.56 Å². The van der Waals surface area contributed by atoms with Crippen molar-refractivity contribution in [3.63, 3.8) is 0 Å². The molecular weight excluding hydrogens is 202 g/mol. The van der Waals surface area contributed by atoms with E-state index in [1.165, 1.54) is 7.11 Å². The molecule has 0 saturated heterocycles. The molecule has 3 N–H and O–H groups in total. The van der Waals surface area contributed by atoms with E-state index in [1.54, 1.807) is 12.2 Å². The van der Waals surface area contributed by atoms with Crippen LogP contribution >= 0.6 is 0 Å². The molecule has 84 valence electrons. The van der Waals surface area contributed by atoms with Gasteiger partial charge in [-0.25, -0.2) is 0 Å². The Morgan fingerprint density at radius 3 is 2.56 bits per heavy atom. The smallest absolute Gasteiger partial charge is 0.165 e. The molecule has 2 unspecified atom stereocenters. The molecule has 1 aliphatic rings. The molecule has 0 aliphatic heterocycles. The normalized spacial score (nSPS) is 28.9. The topological polar surface area (TPSA) is 55.5 Å². The lowest BCUT2D eigenvalue weighted by atomic mass is 9.93. The van der Waals surface area contributed by atoms with E-state index in [-0.39, 0.29) is 0 Å². The number of aliphatic hydroxyl groups excluding tert-OH is 1. The van der Waals surface area contributed by atoms with Crippen LogP contribution in [0.25, 0.3) is 5.57 Å². The summed E-state index contributed by atoms with van der Waals surface area (Å²) in [4.78, 5) is 0. The molecule has 1 aliphatic carbocycles. The molecule has 2 atom stereocenters. The third kappa shape index (κ3) is 1.93. The monoisotopic (exact) mass is 217 g/mol. The fourth-order valence-electron chi connectivity index (χ4n) is 1.69. The Hall–Kier alpha value is -1.42. The van der Waals surface area contributed by atoms with E-state index in [4.69, 9.17) is 10.5 Å². The van der Waals surface area contributed by atoms with Crippen LogP contribution < -0.4 is 5.73 Å². The summed E-state index contributed by atoms with van der Waals surface area (Å²) in [5.74, 6) is 0. The number of nitrogens with two attached hydrogens (primary N) is 1. The molecule has 16 heavy (non-hydrogen) atoms. The Labute approximate surface area is 94.8 Å². The summed E-state index contributed by atoms with van der Waals surface area (Å²) in [5.41, 5.74) is 6.73. The maximum atomic E-state index is 9.88. The minimum Gasteiger partial charge on any atom is -0.384 e. The van der Waals surface area contributed by atoms with Gasteiger partial charge in [-0.15, -0.1) is 0 Å². The van der Waals surface area contributed by atoms with Crippen LogP contribution in [-0.2, 0) is 4.74 Å². The Morgan fingerprint density at radius 1 is 1.31 bits per heavy atom. The van der Waals surface area contributed by atoms with Crippen LogP contribution in [0.3, 0.4) is 0 Å². The molecule has 0 heterocycles. The van der Waals surface area contributed by atoms with E-state index < -0.39 is 11.8 Å². The van der Waals surface area contributed by atoms with Crippen molar-refractivity contribution in [2.24, 2.45) is 5.73 Å². The first-order valence-electron chi connectivity index (χ1n) is 5.14. The third-order valence-corrected chi connectivity index (χ3v) is 2.78. The summed E-state index contributed by atoms with van der Waals surface area (Å²) in [6.45, 7) is 0. The molecule has 0 spiro atoms. The second kappa shape index (κ2) is 4.22. The lowest BCUT2D eigenvalue weighted by Gasteiger charge is -2.31. The highest BCUT2D eigenvalue weighted by Crippen LogP contribution is 2.25. The Kier molecular flexibility index (Phi) is 2.92. The number of hydrogen-bond donors (Lipinski definition) is 2. The Bertz CT molecular complexity index is 425. The van der Waals surface area contributed by atoms with Crippen molar-refractivity contribution in [1.29, 1.82) is 0 Å². The van der Waals surface area contributed by atoms with E-state index in [2.05, 4.69) is 0 Å². The molecule has 0 amide bonds. The lowest BCUT2D eigenvalue weighted by molar-refractivity contribution is -0.0442. The molecule has 3 heteroatoms. The van der Waals surface area contributed by atoms with Gasteiger partial charge in [0.25, 0.3) is 0 Å². The molecule has 2 rings (SSSR count). The molecular formula is C13H15NO2. The first-order valence-corrected chi connectivity index (χ1v) is 5.14. The number of benzene rings is 1. The zero-order chi connectivity index (χ0) is 11.6. The van der Waals surface area contributed by atoms with Crippen molar-refractivity contribution in [3.05, 3.63) is 54.1 Å². The minimum atomic E-state index is -1.11. The van der Waals surface area contributed by atoms with E-state index in [1.807, 2.05) is 36.4 Å². The van der Waals surface area contributed by atoms with Gasteiger partial charge in [0.05, 0.1) is 0 Å². The van der Waals surface area contributed by atoms with Crippen LogP contribution in [0.15, 0.2) is 48.6 Å². The minimum absolute atomic E-state index is 0.835. The molecule has 0 radical (unpaired) electrons. The van der Waals surface area contributed by atoms with Crippen LogP contribution in [0.5, 0.6) is 0 Å². The molecule has 0 aromatic heterocycles. The lowest BCUT2D eigenvalue weighted by Crippen LogP contribution is -2.51. The highest BCUT2D eigenvalue weighted by atomic mass is 16.5. The molecule has 3 nitrogen and oxygen atoms in total. The first-order chi connectivity index (χ1) is 7.65. The molecule has 1 aromatic carbocycles. The van der Waals surface area contributed by atoms with Crippen LogP contribution in [0.4, 0.5) is 0 Å². The zero-order valence-corrected chi connectivity index (χ0v) is 9.13. The van der Waals surface area contributed by atoms with Gasteiger partial charge in [-0.05, 0) is 23.3 Å². The fraction of sp³-hybridized carbons (Fsp3) is 0.231. The fourth-order valence-corrected chi connectivity index (χ4v) is 1.69. The summed E-state index contributed by atoms with van der Waals surface area (Å²) in [7, 11) is 1.48. The Morgan fingerprint density at radius 2 is 2.00 bits per heavy atom. The van der Waals surface area contributed by atoms with Gasteiger partial charge in [0.1, 0.15) is 6.10 Å². The molecule has 0 bridgehead atoms. The van der Waals surface area contributed by atoms with Crippen molar-refractivity contribution in [2.75, 3.05) is 7.11 Å². The average Bonchev–Trinajstić information content (AvgIpc) is 2.34. The number of allylic oxidation sites excluding steroid dienone is 2. The maximum Gasteiger partial charge on any atom is 0.165 e. The van der Waals surface area contributed by atoms with Gasteiger partial charge in [-0.1, -0.05) is 36.4 Å². The van der Waals surface area contributed by atoms with E-state index >= 15 is 0 Å². The summed E-state index contributed by atoms with van der Waals surface area (Å²) >= 11 is 0. The van der Waals surface area contributed by atoms with Gasteiger partial charge in [0.15, 0.2) is 5.72 Å². The Balaban J connectivity index is 2.30. The van der Waals surface area contributed by atoms with Crippen molar-refractivity contribution < 1.29 is 9.84 Å². The predicted molar refractivity (Wildman–Crippen MR) is 63.5 cm³/mol. The largest absolute Gasteiger partial charge is 0.384 e. The molecule has 0 saturated carbocycles. The van der Waals surface area contributed by atoms with E-state index in [0.717, 1.165) is 11.1 Å². The van der Waals surface area contributed by atoms with Crippen molar-refractivity contribution in [2.45, 2.75) is 11.8 Å². The van der Waals surface area contributed by atoms with Gasteiger partial charge in [0, 0.05) is 7.11 Å². The third-order valence-electron chi connectivity index (χ3n) is 2.78. The first kappa shape index (κ1) is 11.1. The van der Waals surface area contributed by atoms with Crippen LogP contribution in [0, 0.1) is 0 Å². The number of methoxy groups -OCH3 is 1. The highest BCUT2D eigenvalue weighted by molar-refractivity contribution is 5.76. The van der Waals surface area contributed by atoms with Gasteiger partial charge in [0.2, 0.25) is 0 Å². The quantitative estimate of drug-likeness (QED) is 0.734. The van der Waals surface area contributed by atoms with E-state index in [9.17, 15) is 5.11 Å². The predicted octanol–water partition coefficient (Wildman–Crippen LogP) is 1.30. The zero-order valence-electron chi connectivity index (χ0n) is 9.13. The average molecular weight is 217 g/mol. The highest BCUT2D eigenvalue weighted by Gasteiger charge is 2.32. The number of ether oxygens (including phenoxy) is 1. The summed E-state index contributed by atoms with van der Waals surface area (Å²) in [6.07, 6.45) is 4.42. The van der Waals surface area contributed by atoms with Gasteiger partial charge in [-0.3, -0.25) is 5.73 Å². The van der Waals surface area contributed by atoms with Crippen molar-refractivity contribution >= 4 is 5.57 Å². The van der Waals surface area contributed by atoms with Gasteiger partial charge >= 0.3 is 0 Å². The second-order valence-corrected chi connectivity index (χ2v) is 3.82. The van der Waals surface area contributed by atoms with Gasteiger partial charge in [-0.2, -0.15) is 0 Å². The summed E-state index contributed by atoms with van der Waals surface area (Å²) < 4.78 is 5.07. The maximum absolute atomic E-state index is 9.88. The van der Waals surface area contributed by atoms with Crippen molar-refractivity contribution in [1.82, 2.24) is 0 Å². The van der Waals surface area contributed by atoms with E-state index in [0.29, 0.717) is 0 Å². The number of rotatable bonds is 2. The number of hydrogen-bond acceptors (Lipinski definition) is 3. The second-order valence-electron chi connectivity index (χ2n) is 3.82. The molecule has 1 aromatic rings. The summed E-state index contributed by atoms with van der Waals surface area (Å²) in [5, 5.41) is 9.88. The standard InChI is InChI=1S/C13H15NO2/c1-16-13(14)8-7-11(9-12(13)15)10-5-3-2-4-6-10/h2-9,12,15H,14H2,1H3. The molecule has 0 fully saturated rings. The van der Waals surface area contributed by atoms with Crippen LogP contribution in [-0.4, -0.2) is 24.0 Å². The SMILES string of the molecule is COC1(N)C=CC(c2ccccc2)=CC1O.